The number of hydrogen-bond donors (Lipinski definition) is 3. The molecule has 6 nitrogen and oxygen atoms in total. The number of urea groups is 1. The number of nitrogens with one attached hydrogen (secondary N) is 2. The summed E-state index contributed by atoms with van der Waals surface area (Å²) in [6, 6.07) is 6.36. The molecule has 1 rings (SSSR count). The molecule has 0 aliphatic carbocycles. The highest BCUT2D eigenvalue weighted by molar-refractivity contribution is 7.98. The van der Waals surface area contributed by atoms with Crippen LogP contribution < -0.4 is 10.6 Å². The van der Waals surface area contributed by atoms with Crippen LogP contribution in [0.25, 0.3) is 0 Å². The van der Waals surface area contributed by atoms with Crippen LogP contribution in [0, 0.1) is 0 Å². The quantitative estimate of drug-likeness (QED) is 0.576. The van der Waals surface area contributed by atoms with Gasteiger partial charge in [-0.25, -0.2) is 9.59 Å². The van der Waals surface area contributed by atoms with E-state index in [0.29, 0.717) is 11.8 Å². The van der Waals surface area contributed by atoms with Crippen LogP contribution in [0.4, 0.5) is 10.5 Å². The highest BCUT2D eigenvalue weighted by Gasteiger charge is 2.05. The van der Waals surface area contributed by atoms with Crippen LogP contribution >= 0.6 is 11.8 Å². The Kier molecular flexibility index (Phi) is 5.62. The van der Waals surface area contributed by atoms with E-state index in [9.17, 15) is 14.4 Å². The van der Waals surface area contributed by atoms with Crippen molar-refractivity contribution in [1.82, 2.24) is 5.32 Å². The first kappa shape index (κ1) is 14.8. The fourth-order valence-corrected chi connectivity index (χ4v) is 1.62. The molecular formula is C12H12N2O4S. The zero-order valence-electron chi connectivity index (χ0n) is 10.0. The topological polar surface area (TPSA) is 95.5 Å². The van der Waals surface area contributed by atoms with Crippen molar-refractivity contribution in [1.29, 1.82) is 0 Å². The average molecular weight is 280 g/mol. The summed E-state index contributed by atoms with van der Waals surface area (Å²) in [5, 5.41) is 12.8. The van der Waals surface area contributed by atoms with Gasteiger partial charge in [0.25, 0.3) is 5.91 Å². The molecule has 0 atom stereocenters. The van der Waals surface area contributed by atoms with Crippen LogP contribution in [0.1, 0.15) is 0 Å². The van der Waals surface area contributed by atoms with Crippen LogP contribution in [-0.4, -0.2) is 29.3 Å². The minimum Gasteiger partial charge on any atom is -0.478 e. The molecule has 0 spiro atoms. The van der Waals surface area contributed by atoms with Gasteiger partial charge in [-0.2, -0.15) is 0 Å². The molecule has 1 aromatic rings. The van der Waals surface area contributed by atoms with Crippen LogP contribution in [0.2, 0.25) is 0 Å². The number of carboxylic acid groups (broad SMARTS) is 1. The van der Waals surface area contributed by atoms with E-state index >= 15 is 0 Å². The summed E-state index contributed by atoms with van der Waals surface area (Å²) in [5.41, 5.74) is 0.541. The molecule has 0 aliphatic heterocycles. The maximum absolute atomic E-state index is 11.4. The molecule has 3 amide bonds. The summed E-state index contributed by atoms with van der Waals surface area (Å²) in [7, 11) is 0. The minimum absolute atomic E-state index is 0.541. The monoisotopic (exact) mass is 280 g/mol. The van der Waals surface area contributed by atoms with Crippen LogP contribution in [0.5, 0.6) is 0 Å². The number of carbonyl (C=O) groups is 3. The molecule has 0 bridgehead atoms. The molecule has 0 fully saturated rings. The third-order valence-electron chi connectivity index (χ3n) is 1.94. The summed E-state index contributed by atoms with van der Waals surface area (Å²) >= 11 is 1.52. The second-order valence-electron chi connectivity index (χ2n) is 3.35. The Labute approximate surface area is 113 Å². The standard InChI is InChI=1S/C12H12N2O4S/c1-19-9-4-2-3-8(7-9)13-12(18)14-10(15)5-6-11(16)17/h2-7H,1H3,(H,16,17)(H2,13,14,15,18)/b6-5+. The van der Waals surface area contributed by atoms with Gasteiger partial charge in [0.05, 0.1) is 0 Å². The lowest BCUT2D eigenvalue weighted by atomic mass is 10.3. The maximum atomic E-state index is 11.4. The Morgan fingerprint density at radius 3 is 2.63 bits per heavy atom. The molecule has 0 aromatic heterocycles. The third-order valence-corrected chi connectivity index (χ3v) is 2.67. The summed E-state index contributed by atoms with van der Waals surface area (Å²) in [5.74, 6) is -2.07. The van der Waals surface area contributed by atoms with Gasteiger partial charge in [-0.15, -0.1) is 11.8 Å². The SMILES string of the molecule is CSc1cccc(NC(=O)NC(=O)/C=C/C(=O)O)c1. The van der Waals surface area contributed by atoms with Gasteiger partial charge in [-0.3, -0.25) is 10.1 Å². The van der Waals surface area contributed by atoms with Crippen LogP contribution in [0.15, 0.2) is 41.3 Å². The summed E-state index contributed by atoms with van der Waals surface area (Å²) in [4.78, 5) is 33.7. The number of imide groups is 1. The highest BCUT2D eigenvalue weighted by Crippen LogP contribution is 2.18. The first-order valence-electron chi connectivity index (χ1n) is 5.18. The Morgan fingerprint density at radius 2 is 2.00 bits per heavy atom. The normalized spacial score (nSPS) is 10.2. The van der Waals surface area contributed by atoms with E-state index in [1.807, 2.05) is 17.6 Å². The highest BCUT2D eigenvalue weighted by atomic mass is 32.2. The first-order chi connectivity index (χ1) is 9.01. The molecule has 3 N–H and O–H groups in total. The van der Waals surface area contributed by atoms with Crippen LogP contribution in [0.3, 0.4) is 0 Å². The number of anilines is 1. The van der Waals surface area contributed by atoms with Crippen molar-refractivity contribution in [2.75, 3.05) is 11.6 Å². The smallest absolute Gasteiger partial charge is 0.328 e. The lowest BCUT2D eigenvalue weighted by Crippen LogP contribution is -2.33. The summed E-state index contributed by atoms with van der Waals surface area (Å²) in [6.45, 7) is 0. The number of hydrogen-bond acceptors (Lipinski definition) is 4. The molecule has 1 aromatic carbocycles. The molecule has 19 heavy (non-hydrogen) atoms. The number of thioether (sulfide) groups is 1. The Bertz CT molecular complexity index is 528. The molecule has 0 aliphatic rings. The van der Waals surface area contributed by atoms with Crippen LogP contribution in [-0.2, 0) is 9.59 Å². The fraction of sp³-hybridized carbons (Fsp3) is 0.0833. The van der Waals surface area contributed by atoms with Gasteiger partial charge in [0.15, 0.2) is 0 Å². The third kappa shape index (κ3) is 5.73. The van der Waals surface area contributed by atoms with Gasteiger partial charge < -0.3 is 10.4 Å². The van der Waals surface area contributed by atoms with E-state index in [-0.39, 0.29) is 0 Å². The van der Waals surface area contributed by atoms with E-state index in [0.717, 1.165) is 11.0 Å². The number of carboxylic acids is 1. The van der Waals surface area contributed by atoms with Gasteiger partial charge in [-0.05, 0) is 24.5 Å². The maximum Gasteiger partial charge on any atom is 0.328 e. The van der Waals surface area contributed by atoms with Crippen molar-refractivity contribution >= 4 is 35.4 Å². The predicted molar refractivity (Wildman–Crippen MR) is 72.2 cm³/mol. The minimum atomic E-state index is -1.26. The van der Waals surface area contributed by atoms with E-state index in [4.69, 9.17) is 5.11 Å². The number of carbonyl (C=O) groups excluding carboxylic acids is 2. The van der Waals surface area contributed by atoms with Crippen molar-refractivity contribution in [2.24, 2.45) is 0 Å². The van der Waals surface area contributed by atoms with E-state index < -0.39 is 17.9 Å². The van der Waals surface area contributed by atoms with Crippen molar-refractivity contribution in [3.8, 4) is 0 Å². The van der Waals surface area contributed by atoms with E-state index in [2.05, 4.69) is 5.32 Å². The van der Waals surface area contributed by atoms with Crippen molar-refractivity contribution in [3.63, 3.8) is 0 Å². The van der Waals surface area contributed by atoms with Crippen molar-refractivity contribution < 1.29 is 19.5 Å². The molecule has 0 saturated carbocycles. The lowest BCUT2D eigenvalue weighted by molar-refractivity contribution is -0.131. The number of aliphatic carboxylic acids is 1. The van der Waals surface area contributed by atoms with E-state index in [1.165, 1.54) is 11.8 Å². The van der Waals surface area contributed by atoms with Crippen molar-refractivity contribution in [3.05, 3.63) is 36.4 Å². The second-order valence-corrected chi connectivity index (χ2v) is 4.23. The van der Waals surface area contributed by atoms with Crippen molar-refractivity contribution in [2.45, 2.75) is 4.90 Å². The van der Waals surface area contributed by atoms with Gasteiger partial charge in [-0.1, -0.05) is 6.07 Å². The molecule has 0 unspecified atom stereocenters. The summed E-state index contributed by atoms with van der Waals surface area (Å²) in [6.07, 6.45) is 3.32. The Morgan fingerprint density at radius 1 is 1.26 bits per heavy atom. The second kappa shape index (κ2) is 7.22. The zero-order chi connectivity index (χ0) is 14.3. The largest absolute Gasteiger partial charge is 0.478 e. The molecule has 0 saturated heterocycles. The van der Waals surface area contributed by atoms with Gasteiger partial charge in [0, 0.05) is 22.7 Å². The Hall–Kier alpha value is -2.28. The van der Waals surface area contributed by atoms with Gasteiger partial charge in [0.2, 0.25) is 0 Å². The number of amides is 3. The molecule has 0 heterocycles. The predicted octanol–water partition coefficient (Wildman–Crippen LogP) is 1.70. The van der Waals surface area contributed by atoms with E-state index in [1.54, 1.807) is 18.2 Å². The zero-order valence-corrected chi connectivity index (χ0v) is 10.9. The molecular weight excluding hydrogens is 268 g/mol. The fourth-order valence-electron chi connectivity index (χ4n) is 1.16. The molecule has 100 valence electrons. The Balaban J connectivity index is 2.55. The summed E-state index contributed by atoms with van der Waals surface area (Å²) < 4.78 is 0. The first-order valence-corrected chi connectivity index (χ1v) is 6.41. The van der Waals surface area contributed by atoms with Gasteiger partial charge in [0.1, 0.15) is 0 Å². The molecule has 0 radical (unpaired) electrons. The van der Waals surface area contributed by atoms with Gasteiger partial charge >= 0.3 is 12.0 Å². The molecule has 7 heteroatoms. The average Bonchev–Trinajstić information content (AvgIpc) is 2.36. The number of benzene rings is 1. The lowest BCUT2D eigenvalue weighted by Gasteiger charge is -2.06. The number of rotatable bonds is 4.